The SMILES string of the molecule is COCCN1CCCN(C(=O)C2(C)CCCN2)CC1. The van der Waals surface area contributed by atoms with Crippen LogP contribution in [0.25, 0.3) is 0 Å². The summed E-state index contributed by atoms with van der Waals surface area (Å²) in [4.78, 5) is 17.1. The van der Waals surface area contributed by atoms with E-state index in [9.17, 15) is 4.79 Å². The van der Waals surface area contributed by atoms with Crippen molar-refractivity contribution in [2.45, 2.75) is 31.7 Å². The molecule has 1 amide bonds. The van der Waals surface area contributed by atoms with Gasteiger partial charge in [-0.15, -0.1) is 0 Å². The molecule has 2 rings (SSSR count). The Morgan fingerprint density at radius 1 is 1.26 bits per heavy atom. The third-order valence-electron chi connectivity index (χ3n) is 4.33. The second-order valence-electron chi connectivity index (χ2n) is 5.84. The van der Waals surface area contributed by atoms with Crippen molar-refractivity contribution >= 4 is 5.91 Å². The number of carbonyl (C=O) groups excluding carboxylic acids is 1. The van der Waals surface area contributed by atoms with Gasteiger partial charge in [-0.3, -0.25) is 9.69 Å². The lowest BCUT2D eigenvalue weighted by Gasteiger charge is -2.31. The van der Waals surface area contributed by atoms with E-state index in [-0.39, 0.29) is 5.54 Å². The van der Waals surface area contributed by atoms with Crippen molar-refractivity contribution in [2.24, 2.45) is 0 Å². The summed E-state index contributed by atoms with van der Waals surface area (Å²) >= 11 is 0. The van der Waals surface area contributed by atoms with Crippen molar-refractivity contribution in [3.05, 3.63) is 0 Å². The van der Waals surface area contributed by atoms with Crippen molar-refractivity contribution in [1.29, 1.82) is 0 Å². The Bertz CT molecular complexity index is 303. The fourth-order valence-electron chi connectivity index (χ4n) is 3.04. The third kappa shape index (κ3) is 3.68. The largest absolute Gasteiger partial charge is 0.383 e. The molecule has 2 heterocycles. The van der Waals surface area contributed by atoms with Gasteiger partial charge in [-0.1, -0.05) is 0 Å². The molecule has 0 aromatic heterocycles. The predicted octanol–water partition coefficient (Wildman–Crippen LogP) is 0.309. The second kappa shape index (κ2) is 6.68. The zero-order chi connectivity index (χ0) is 13.7. The van der Waals surface area contributed by atoms with Gasteiger partial charge < -0.3 is 15.0 Å². The second-order valence-corrected chi connectivity index (χ2v) is 5.84. The molecule has 0 aromatic carbocycles. The molecule has 1 N–H and O–H groups in total. The summed E-state index contributed by atoms with van der Waals surface area (Å²) in [6.07, 6.45) is 3.14. The van der Waals surface area contributed by atoms with Gasteiger partial charge in [-0.05, 0) is 39.3 Å². The summed E-state index contributed by atoms with van der Waals surface area (Å²) in [5.41, 5.74) is -0.318. The first kappa shape index (κ1) is 14.8. The highest BCUT2D eigenvalue weighted by Gasteiger charge is 2.39. The molecule has 1 atom stereocenters. The van der Waals surface area contributed by atoms with E-state index in [0.29, 0.717) is 5.91 Å². The van der Waals surface area contributed by atoms with Crippen LogP contribution in [-0.4, -0.2) is 74.2 Å². The first-order chi connectivity index (χ1) is 9.15. The van der Waals surface area contributed by atoms with E-state index < -0.39 is 0 Å². The van der Waals surface area contributed by atoms with Crippen molar-refractivity contribution in [2.75, 3.05) is 53.0 Å². The number of nitrogens with zero attached hydrogens (tertiary/aromatic N) is 2. The highest BCUT2D eigenvalue weighted by molar-refractivity contribution is 5.86. The van der Waals surface area contributed by atoms with E-state index in [1.807, 2.05) is 4.90 Å². The van der Waals surface area contributed by atoms with Gasteiger partial charge in [0.25, 0.3) is 0 Å². The molecule has 19 heavy (non-hydrogen) atoms. The Hall–Kier alpha value is -0.650. The molecule has 2 aliphatic heterocycles. The van der Waals surface area contributed by atoms with Crippen molar-refractivity contribution in [1.82, 2.24) is 15.1 Å². The zero-order valence-electron chi connectivity index (χ0n) is 12.3. The topological polar surface area (TPSA) is 44.8 Å². The molecule has 110 valence electrons. The number of rotatable bonds is 4. The maximum atomic E-state index is 12.6. The van der Waals surface area contributed by atoms with Crippen LogP contribution in [0.15, 0.2) is 0 Å². The molecule has 0 saturated carbocycles. The standard InChI is InChI=1S/C14H27N3O2/c1-14(5-3-6-15-14)13(18)17-8-4-7-16(9-10-17)11-12-19-2/h15H,3-12H2,1-2H3. The lowest BCUT2D eigenvalue weighted by Crippen LogP contribution is -2.53. The molecule has 2 saturated heterocycles. The van der Waals surface area contributed by atoms with Crippen molar-refractivity contribution < 1.29 is 9.53 Å². The predicted molar refractivity (Wildman–Crippen MR) is 75.2 cm³/mol. The van der Waals surface area contributed by atoms with Crippen LogP contribution in [0.2, 0.25) is 0 Å². The Balaban J connectivity index is 1.86. The molecule has 5 nitrogen and oxygen atoms in total. The van der Waals surface area contributed by atoms with Crippen molar-refractivity contribution in [3.8, 4) is 0 Å². The van der Waals surface area contributed by atoms with E-state index in [2.05, 4.69) is 17.1 Å². The van der Waals surface area contributed by atoms with Gasteiger partial charge in [0.05, 0.1) is 12.1 Å². The average molecular weight is 269 g/mol. The van der Waals surface area contributed by atoms with Crippen molar-refractivity contribution in [3.63, 3.8) is 0 Å². The lowest BCUT2D eigenvalue weighted by molar-refractivity contribution is -0.137. The van der Waals surface area contributed by atoms with E-state index in [1.54, 1.807) is 7.11 Å². The first-order valence-corrected chi connectivity index (χ1v) is 7.41. The van der Waals surface area contributed by atoms with Crippen LogP contribution < -0.4 is 5.32 Å². The van der Waals surface area contributed by atoms with Gasteiger partial charge in [0.1, 0.15) is 0 Å². The molecular formula is C14H27N3O2. The molecule has 0 spiro atoms. The molecule has 0 bridgehead atoms. The molecule has 0 aromatic rings. The van der Waals surface area contributed by atoms with Gasteiger partial charge in [-0.2, -0.15) is 0 Å². The Kier molecular flexibility index (Phi) is 5.19. The fraction of sp³-hybridized carbons (Fsp3) is 0.929. The first-order valence-electron chi connectivity index (χ1n) is 7.41. The molecule has 0 radical (unpaired) electrons. The third-order valence-corrected chi connectivity index (χ3v) is 4.33. The summed E-state index contributed by atoms with van der Waals surface area (Å²) in [7, 11) is 1.74. The maximum Gasteiger partial charge on any atom is 0.242 e. The van der Waals surface area contributed by atoms with E-state index in [0.717, 1.165) is 65.1 Å². The molecule has 0 aliphatic carbocycles. The normalized spacial score (nSPS) is 29.5. The average Bonchev–Trinajstić information content (AvgIpc) is 2.73. The summed E-state index contributed by atoms with van der Waals surface area (Å²) in [5.74, 6) is 0.290. The Morgan fingerprint density at radius 2 is 2.11 bits per heavy atom. The van der Waals surface area contributed by atoms with Gasteiger partial charge in [0.2, 0.25) is 5.91 Å². The summed E-state index contributed by atoms with van der Waals surface area (Å²) < 4.78 is 5.12. The van der Waals surface area contributed by atoms with Gasteiger partial charge >= 0.3 is 0 Å². The van der Waals surface area contributed by atoms with Gasteiger partial charge in [0.15, 0.2) is 0 Å². The smallest absolute Gasteiger partial charge is 0.242 e. The molecular weight excluding hydrogens is 242 g/mol. The lowest BCUT2D eigenvalue weighted by atomic mass is 9.98. The number of ether oxygens (including phenoxy) is 1. The summed E-state index contributed by atoms with van der Waals surface area (Å²) in [6, 6.07) is 0. The van der Waals surface area contributed by atoms with E-state index >= 15 is 0 Å². The molecule has 5 heteroatoms. The quantitative estimate of drug-likeness (QED) is 0.798. The summed E-state index contributed by atoms with van der Waals surface area (Å²) in [6.45, 7) is 8.52. The number of amides is 1. The number of carbonyl (C=O) groups is 1. The summed E-state index contributed by atoms with van der Waals surface area (Å²) in [5, 5.41) is 3.37. The van der Waals surface area contributed by atoms with Crippen LogP contribution >= 0.6 is 0 Å². The Morgan fingerprint density at radius 3 is 2.79 bits per heavy atom. The minimum Gasteiger partial charge on any atom is -0.383 e. The molecule has 2 aliphatic rings. The number of hydrogen-bond donors (Lipinski definition) is 1. The minimum atomic E-state index is -0.318. The maximum absolute atomic E-state index is 12.6. The van der Waals surface area contributed by atoms with Crippen LogP contribution in [0.1, 0.15) is 26.2 Å². The van der Waals surface area contributed by atoms with Crippen LogP contribution in [0, 0.1) is 0 Å². The van der Waals surface area contributed by atoms with Crippen LogP contribution in [-0.2, 0) is 9.53 Å². The van der Waals surface area contributed by atoms with Crippen LogP contribution in [0.3, 0.4) is 0 Å². The van der Waals surface area contributed by atoms with Gasteiger partial charge in [-0.25, -0.2) is 0 Å². The highest BCUT2D eigenvalue weighted by atomic mass is 16.5. The molecule has 2 fully saturated rings. The monoisotopic (exact) mass is 269 g/mol. The number of methoxy groups -OCH3 is 1. The van der Waals surface area contributed by atoms with Crippen LogP contribution in [0.5, 0.6) is 0 Å². The fourth-order valence-corrected chi connectivity index (χ4v) is 3.04. The van der Waals surface area contributed by atoms with E-state index in [1.165, 1.54) is 0 Å². The van der Waals surface area contributed by atoms with E-state index in [4.69, 9.17) is 4.74 Å². The number of hydrogen-bond acceptors (Lipinski definition) is 4. The minimum absolute atomic E-state index is 0.290. The Labute approximate surface area is 116 Å². The highest BCUT2D eigenvalue weighted by Crippen LogP contribution is 2.22. The number of nitrogens with one attached hydrogen (secondary N) is 1. The zero-order valence-corrected chi connectivity index (χ0v) is 12.3. The molecule has 1 unspecified atom stereocenters. The van der Waals surface area contributed by atoms with Gasteiger partial charge in [0, 0.05) is 33.3 Å². The van der Waals surface area contributed by atoms with Crippen LogP contribution in [0.4, 0.5) is 0 Å².